The fourth-order valence-electron chi connectivity index (χ4n) is 2.48. The summed E-state index contributed by atoms with van der Waals surface area (Å²) in [6.45, 7) is 4.57. The third-order valence-electron chi connectivity index (χ3n) is 3.39. The Balaban J connectivity index is 0.00000289. The van der Waals surface area contributed by atoms with Gasteiger partial charge in [-0.15, -0.1) is 12.4 Å². The summed E-state index contributed by atoms with van der Waals surface area (Å²) in [7, 11) is -2.87. The van der Waals surface area contributed by atoms with E-state index >= 15 is 0 Å². The molecule has 1 aliphatic rings. The minimum Gasteiger partial charge on any atom is -0.327 e. The van der Waals surface area contributed by atoms with E-state index in [2.05, 4.69) is 0 Å². The highest BCUT2D eigenvalue weighted by Gasteiger charge is 2.28. The first kappa shape index (κ1) is 18.4. The van der Waals surface area contributed by atoms with Crippen LogP contribution in [0.2, 0.25) is 0 Å². The van der Waals surface area contributed by atoms with Gasteiger partial charge in [0.15, 0.2) is 0 Å². The normalized spacial score (nSPS) is 24.6. The van der Waals surface area contributed by atoms with Gasteiger partial charge < -0.3 is 14.8 Å². The molecule has 0 heterocycles. The van der Waals surface area contributed by atoms with Crippen molar-refractivity contribution >= 4 is 20.0 Å². The Labute approximate surface area is 117 Å². The maximum atomic E-state index is 12.3. The standard InChI is InChI=1S/C12H26NO3P.ClH/c1-3-15-17(14,16-4-2)10-9-11-7-5-6-8-12(11)13;/h11-12H,3-10,13H2,1-2H3;1H. The number of nitrogens with two attached hydrogens (primary N) is 1. The van der Waals surface area contributed by atoms with Gasteiger partial charge in [0.25, 0.3) is 0 Å². The molecule has 0 aliphatic heterocycles. The Hall–Kier alpha value is 0.400. The average molecular weight is 300 g/mol. The maximum absolute atomic E-state index is 12.3. The predicted molar refractivity (Wildman–Crippen MR) is 77.5 cm³/mol. The number of rotatable bonds is 7. The number of hydrogen-bond acceptors (Lipinski definition) is 4. The van der Waals surface area contributed by atoms with Crippen LogP contribution in [0.1, 0.15) is 46.0 Å². The summed E-state index contributed by atoms with van der Waals surface area (Å²) < 4.78 is 22.9. The lowest BCUT2D eigenvalue weighted by molar-refractivity contribution is 0.214. The van der Waals surface area contributed by atoms with Gasteiger partial charge in [0, 0.05) is 6.04 Å². The minimum absolute atomic E-state index is 0. The molecule has 2 unspecified atom stereocenters. The van der Waals surface area contributed by atoms with Crippen molar-refractivity contribution in [1.82, 2.24) is 0 Å². The van der Waals surface area contributed by atoms with Gasteiger partial charge in [-0.25, -0.2) is 0 Å². The van der Waals surface area contributed by atoms with Crippen LogP contribution in [0, 0.1) is 5.92 Å². The molecule has 0 aromatic rings. The lowest BCUT2D eigenvalue weighted by Gasteiger charge is -2.29. The molecule has 4 nitrogen and oxygen atoms in total. The molecule has 0 radical (unpaired) electrons. The summed E-state index contributed by atoms with van der Waals surface area (Å²) in [6, 6.07) is 0.264. The van der Waals surface area contributed by atoms with Crippen molar-refractivity contribution in [1.29, 1.82) is 0 Å². The predicted octanol–water partition coefficient (Wildman–Crippen LogP) is 3.58. The molecular weight excluding hydrogens is 273 g/mol. The molecule has 18 heavy (non-hydrogen) atoms. The van der Waals surface area contributed by atoms with Gasteiger partial charge in [0.1, 0.15) is 0 Å². The maximum Gasteiger partial charge on any atom is 0.330 e. The van der Waals surface area contributed by atoms with Crippen LogP contribution in [0.4, 0.5) is 0 Å². The molecule has 0 spiro atoms. The summed E-state index contributed by atoms with van der Waals surface area (Å²) in [5.41, 5.74) is 6.08. The minimum atomic E-state index is -2.87. The van der Waals surface area contributed by atoms with Crippen LogP contribution in [0.25, 0.3) is 0 Å². The SMILES string of the molecule is CCOP(=O)(CCC1CCCCC1N)OCC.Cl. The van der Waals surface area contributed by atoms with Crippen molar-refractivity contribution in [2.75, 3.05) is 19.4 Å². The molecule has 6 heteroatoms. The molecule has 2 atom stereocenters. The zero-order valence-corrected chi connectivity index (χ0v) is 13.2. The second kappa shape index (κ2) is 9.33. The Morgan fingerprint density at radius 2 is 1.72 bits per heavy atom. The van der Waals surface area contributed by atoms with Crippen molar-refractivity contribution in [2.45, 2.75) is 52.0 Å². The van der Waals surface area contributed by atoms with Gasteiger partial charge >= 0.3 is 7.60 Å². The van der Waals surface area contributed by atoms with Crippen molar-refractivity contribution in [3.8, 4) is 0 Å². The lowest BCUT2D eigenvalue weighted by atomic mass is 9.83. The molecule has 1 fully saturated rings. The topological polar surface area (TPSA) is 61.5 Å². The van der Waals surface area contributed by atoms with E-state index in [1.807, 2.05) is 13.8 Å². The quantitative estimate of drug-likeness (QED) is 0.730. The van der Waals surface area contributed by atoms with E-state index in [9.17, 15) is 4.57 Å². The van der Waals surface area contributed by atoms with E-state index in [0.717, 1.165) is 19.3 Å². The molecule has 0 aromatic heterocycles. The first-order chi connectivity index (χ1) is 8.11. The third kappa shape index (κ3) is 6.03. The molecular formula is C12H27ClNO3P. The molecule has 0 saturated heterocycles. The van der Waals surface area contributed by atoms with Gasteiger partial charge in [0.05, 0.1) is 19.4 Å². The van der Waals surface area contributed by atoms with E-state index in [-0.39, 0.29) is 18.4 Å². The van der Waals surface area contributed by atoms with Gasteiger partial charge in [0.2, 0.25) is 0 Å². The zero-order chi connectivity index (χ0) is 12.7. The van der Waals surface area contributed by atoms with Crippen LogP contribution < -0.4 is 5.73 Å². The van der Waals surface area contributed by atoms with Crippen molar-refractivity contribution in [3.05, 3.63) is 0 Å². The highest BCUT2D eigenvalue weighted by atomic mass is 35.5. The molecule has 1 rings (SSSR count). The van der Waals surface area contributed by atoms with Gasteiger partial charge in [-0.3, -0.25) is 4.57 Å². The van der Waals surface area contributed by atoms with Crippen LogP contribution in [0.5, 0.6) is 0 Å². The van der Waals surface area contributed by atoms with Crippen LogP contribution in [-0.2, 0) is 13.6 Å². The zero-order valence-electron chi connectivity index (χ0n) is 11.5. The second-order valence-corrected chi connectivity index (χ2v) is 6.85. The first-order valence-corrected chi connectivity index (χ1v) is 8.47. The lowest BCUT2D eigenvalue weighted by Crippen LogP contribution is -2.33. The van der Waals surface area contributed by atoms with Gasteiger partial charge in [-0.2, -0.15) is 0 Å². The van der Waals surface area contributed by atoms with E-state index in [0.29, 0.717) is 25.3 Å². The highest BCUT2D eigenvalue weighted by Crippen LogP contribution is 2.49. The third-order valence-corrected chi connectivity index (χ3v) is 5.50. The van der Waals surface area contributed by atoms with Gasteiger partial charge in [-0.1, -0.05) is 12.8 Å². The smallest absolute Gasteiger partial charge is 0.327 e. The first-order valence-electron chi connectivity index (χ1n) is 6.75. The molecule has 0 bridgehead atoms. The van der Waals surface area contributed by atoms with E-state index < -0.39 is 7.60 Å². The largest absolute Gasteiger partial charge is 0.330 e. The summed E-state index contributed by atoms with van der Waals surface area (Å²) >= 11 is 0. The van der Waals surface area contributed by atoms with Crippen LogP contribution in [0.3, 0.4) is 0 Å². The number of halogens is 1. The Morgan fingerprint density at radius 3 is 2.22 bits per heavy atom. The van der Waals surface area contributed by atoms with Gasteiger partial charge in [-0.05, 0) is 39.0 Å². The fraction of sp³-hybridized carbons (Fsp3) is 1.00. The molecule has 1 saturated carbocycles. The fourth-order valence-corrected chi connectivity index (χ4v) is 4.25. The summed E-state index contributed by atoms with van der Waals surface area (Å²) in [6.07, 6.45) is 6.08. The van der Waals surface area contributed by atoms with E-state index in [1.54, 1.807) is 0 Å². The van der Waals surface area contributed by atoms with E-state index in [4.69, 9.17) is 14.8 Å². The molecule has 2 N–H and O–H groups in total. The van der Waals surface area contributed by atoms with E-state index in [1.165, 1.54) is 12.8 Å². The van der Waals surface area contributed by atoms with Crippen LogP contribution in [-0.4, -0.2) is 25.4 Å². The summed E-state index contributed by atoms with van der Waals surface area (Å²) in [5.74, 6) is 0.484. The molecule has 110 valence electrons. The van der Waals surface area contributed by atoms with Crippen molar-refractivity contribution in [3.63, 3.8) is 0 Å². The summed E-state index contributed by atoms with van der Waals surface area (Å²) in [4.78, 5) is 0. The van der Waals surface area contributed by atoms with Crippen LogP contribution >= 0.6 is 20.0 Å². The van der Waals surface area contributed by atoms with Crippen molar-refractivity contribution in [2.24, 2.45) is 11.7 Å². The summed E-state index contributed by atoms with van der Waals surface area (Å²) in [5, 5.41) is 0. The second-order valence-electron chi connectivity index (χ2n) is 4.67. The van der Waals surface area contributed by atoms with Crippen molar-refractivity contribution < 1.29 is 13.6 Å². The molecule has 0 aromatic carbocycles. The molecule has 1 aliphatic carbocycles. The average Bonchev–Trinajstić information content (AvgIpc) is 2.29. The number of hydrogen-bond donors (Lipinski definition) is 1. The Bertz CT molecular complexity index is 256. The Morgan fingerprint density at radius 1 is 1.17 bits per heavy atom. The monoisotopic (exact) mass is 299 g/mol. The Kier molecular flexibility index (Phi) is 9.53. The molecule has 0 amide bonds. The highest BCUT2D eigenvalue weighted by molar-refractivity contribution is 7.53. The van der Waals surface area contributed by atoms with Crippen LogP contribution in [0.15, 0.2) is 0 Å².